The number of nitrogens with one attached hydrogen (secondary N) is 2. The van der Waals surface area contributed by atoms with Gasteiger partial charge in [-0.3, -0.25) is 9.78 Å². The van der Waals surface area contributed by atoms with E-state index in [2.05, 4.69) is 15.6 Å². The number of amides is 1. The molecule has 0 bridgehead atoms. The molecule has 1 aromatic heterocycles. The molecule has 1 amide bonds. The highest BCUT2D eigenvalue weighted by molar-refractivity contribution is 6.04. The van der Waals surface area contributed by atoms with Gasteiger partial charge in [0.25, 0.3) is 5.91 Å². The number of carbonyl (C=O) groups excluding carboxylic acids is 1. The number of nitrogens with zero attached hydrogens (tertiary/aromatic N) is 1. The lowest BCUT2D eigenvalue weighted by Gasteiger charge is -2.10. The van der Waals surface area contributed by atoms with E-state index in [1.165, 1.54) is 0 Å². The van der Waals surface area contributed by atoms with Crippen LogP contribution in [0.15, 0.2) is 42.7 Å². The molecule has 0 fully saturated rings. The number of hydrogen-bond acceptors (Lipinski definition) is 3. The largest absolute Gasteiger partial charge is 0.385 e. The van der Waals surface area contributed by atoms with Gasteiger partial charge in [-0.2, -0.15) is 0 Å². The molecule has 4 heteroatoms. The lowest BCUT2D eigenvalue weighted by atomic mass is 10.1. The van der Waals surface area contributed by atoms with Crippen molar-refractivity contribution in [2.45, 2.75) is 13.8 Å². The monoisotopic (exact) mass is 255 g/mol. The van der Waals surface area contributed by atoms with Crippen molar-refractivity contribution in [2.75, 3.05) is 17.2 Å². The molecule has 19 heavy (non-hydrogen) atoms. The third-order valence-corrected chi connectivity index (χ3v) is 2.79. The zero-order valence-corrected chi connectivity index (χ0v) is 11.1. The molecule has 0 radical (unpaired) electrons. The Morgan fingerprint density at radius 2 is 1.95 bits per heavy atom. The maximum atomic E-state index is 12.1. The van der Waals surface area contributed by atoms with Crippen LogP contribution >= 0.6 is 0 Å². The Morgan fingerprint density at radius 3 is 2.58 bits per heavy atom. The summed E-state index contributed by atoms with van der Waals surface area (Å²) in [7, 11) is 0. The first kappa shape index (κ1) is 13.1. The van der Waals surface area contributed by atoms with Crippen LogP contribution in [0.4, 0.5) is 11.4 Å². The molecule has 1 aromatic carbocycles. The van der Waals surface area contributed by atoms with Crippen molar-refractivity contribution >= 4 is 17.3 Å². The standard InChI is InChI=1S/C15H17N3O/c1-3-17-14-5-4-12(10-11(14)2)15(19)18-13-6-8-16-9-7-13/h4-10,17H,3H2,1-2H3,(H,16,18,19). The Hall–Kier alpha value is -2.36. The Balaban J connectivity index is 2.14. The molecule has 0 aliphatic heterocycles. The molecule has 0 saturated carbocycles. The van der Waals surface area contributed by atoms with Gasteiger partial charge in [-0.15, -0.1) is 0 Å². The topological polar surface area (TPSA) is 54.0 Å². The van der Waals surface area contributed by atoms with Crippen LogP contribution in [0, 0.1) is 6.92 Å². The Labute approximate surface area is 112 Å². The van der Waals surface area contributed by atoms with E-state index in [1.54, 1.807) is 24.5 Å². The minimum absolute atomic E-state index is 0.114. The predicted molar refractivity (Wildman–Crippen MR) is 77.5 cm³/mol. The molecule has 1 heterocycles. The van der Waals surface area contributed by atoms with Crippen molar-refractivity contribution in [3.05, 3.63) is 53.9 Å². The van der Waals surface area contributed by atoms with E-state index in [0.717, 1.165) is 23.5 Å². The van der Waals surface area contributed by atoms with Crippen LogP contribution in [0.5, 0.6) is 0 Å². The zero-order chi connectivity index (χ0) is 13.7. The second-order valence-corrected chi connectivity index (χ2v) is 4.25. The van der Waals surface area contributed by atoms with Crippen LogP contribution in [-0.2, 0) is 0 Å². The van der Waals surface area contributed by atoms with Crippen LogP contribution in [0.25, 0.3) is 0 Å². The summed E-state index contributed by atoms with van der Waals surface area (Å²) in [5.41, 5.74) is 3.51. The van der Waals surface area contributed by atoms with Crippen LogP contribution in [0.1, 0.15) is 22.8 Å². The van der Waals surface area contributed by atoms with Gasteiger partial charge in [-0.25, -0.2) is 0 Å². The van der Waals surface area contributed by atoms with Crippen LogP contribution < -0.4 is 10.6 Å². The number of carbonyl (C=O) groups is 1. The van der Waals surface area contributed by atoms with E-state index >= 15 is 0 Å². The van der Waals surface area contributed by atoms with Gasteiger partial charge in [-0.1, -0.05) is 0 Å². The molecule has 2 aromatic rings. The van der Waals surface area contributed by atoms with E-state index in [-0.39, 0.29) is 5.91 Å². The normalized spacial score (nSPS) is 10.0. The molecule has 2 rings (SSSR count). The van der Waals surface area contributed by atoms with Gasteiger partial charge in [0, 0.05) is 35.9 Å². The van der Waals surface area contributed by atoms with Crippen molar-refractivity contribution in [1.29, 1.82) is 0 Å². The molecule has 2 N–H and O–H groups in total. The number of aromatic nitrogens is 1. The van der Waals surface area contributed by atoms with E-state index in [4.69, 9.17) is 0 Å². The van der Waals surface area contributed by atoms with Crippen LogP contribution in [0.3, 0.4) is 0 Å². The Bertz CT molecular complexity index is 567. The summed E-state index contributed by atoms with van der Waals surface area (Å²) in [5.74, 6) is -0.114. The van der Waals surface area contributed by atoms with E-state index in [9.17, 15) is 4.79 Å². The summed E-state index contributed by atoms with van der Waals surface area (Å²) in [6.07, 6.45) is 3.30. The molecule has 4 nitrogen and oxygen atoms in total. The fraction of sp³-hybridized carbons (Fsp3) is 0.200. The summed E-state index contributed by atoms with van der Waals surface area (Å²) in [4.78, 5) is 16.0. The summed E-state index contributed by atoms with van der Waals surface area (Å²) >= 11 is 0. The summed E-state index contributed by atoms with van der Waals surface area (Å²) in [6, 6.07) is 9.16. The van der Waals surface area contributed by atoms with Gasteiger partial charge in [0.1, 0.15) is 0 Å². The Kier molecular flexibility index (Phi) is 4.13. The zero-order valence-electron chi connectivity index (χ0n) is 11.1. The molecular formula is C15H17N3O. The summed E-state index contributed by atoms with van der Waals surface area (Å²) < 4.78 is 0. The first-order valence-corrected chi connectivity index (χ1v) is 6.26. The first-order chi connectivity index (χ1) is 9.20. The maximum absolute atomic E-state index is 12.1. The third-order valence-electron chi connectivity index (χ3n) is 2.79. The van der Waals surface area contributed by atoms with Crippen molar-refractivity contribution in [2.24, 2.45) is 0 Å². The number of anilines is 2. The van der Waals surface area contributed by atoms with Gasteiger partial charge in [0.2, 0.25) is 0 Å². The van der Waals surface area contributed by atoms with Crippen molar-refractivity contribution in [3.63, 3.8) is 0 Å². The quantitative estimate of drug-likeness (QED) is 0.882. The average molecular weight is 255 g/mol. The number of hydrogen-bond donors (Lipinski definition) is 2. The smallest absolute Gasteiger partial charge is 0.255 e. The van der Waals surface area contributed by atoms with E-state index in [0.29, 0.717) is 5.56 Å². The number of rotatable bonds is 4. The first-order valence-electron chi connectivity index (χ1n) is 6.26. The number of benzene rings is 1. The molecule has 0 aliphatic rings. The second kappa shape index (κ2) is 6.00. The van der Waals surface area contributed by atoms with E-state index in [1.807, 2.05) is 32.0 Å². The molecule has 98 valence electrons. The Morgan fingerprint density at radius 1 is 1.21 bits per heavy atom. The summed E-state index contributed by atoms with van der Waals surface area (Å²) in [5, 5.41) is 6.09. The summed E-state index contributed by atoms with van der Waals surface area (Å²) in [6.45, 7) is 4.90. The molecule has 0 atom stereocenters. The average Bonchev–Trinajstić information content (AvgIpc) is 2.42. The molecule has 0 spiro atoms. The van der Waals surface area contributed by atoms with Gasteiger partial charge in [0.05, 0.1) is 0 Å². The fourth-order valence-electron chi connectivity index (χ4n) is 1.83. The minimum atomic E-state index is -0.114. The highest BCUT2D eigenvalue weighted by atomic mass is 16.1. The molecule has 0 saturated heterocycles. The van der Waals surface area contributed by atoms with E-state index < -0.39 is 0 Å². The second-order valence-electron chi connectivity index (χ2n) is 4.25. The lowest BCUT2D eigenvalue weighted by molar-refractivity contribution is 0.102. The molecule has 0 unspecified atom stereocenters. The van der Waals surface area contributed by atoms with Gasteiger partial charge in [-0.05, 0) is 49.7 Å². The minimum Gasteiger partial charge on any atom is -0.385 e. The highest BCUT2D eigenvalue weighted by Gasteiger charge is 2.07. The molecule has 0 aliphatic carbocycles. The SMILES string of the molecule is CCNc1ccc(C(=O)Nc2ccncc2)cc1C. The maximum Gasteiger partial charge on any atom is 0.255 e. The van der Waals surface area contributed by atoms with Gasteiger partial charge < -0.3 is 10.6 Å². The predicted octanol–water partition coefficient (Wildman–Crippen LogP) is 3.07. The lowest BCUT2D eigenvalue weighted by Crippen LogP contribution is -2.12. The highest BCUT2D eigenvalue weighted by Crippen LogP contribution is 2.17. The molecular weight excluding hydrogens is 238 g/mol. The van der Waals surface area contributed by atoms with Crippen molar-refractivity contribution in [3.8, 4) is 0 Å². The number of aryl methyl sites for hydroxylation is 1. The van der Waals surface area contributed by atoms with Gasteiger partial charge >= 0.3 is 0 Å². The van der Waals surface area contributed by atoms with Crippen LogP contribution in [-0.4, -0.2) is 17.4 Å². The number of pyridine rings is 1. The third kappa shape index (κ3) is 3.31. The van der Waals surface area contributed by atoms with Gasteiger partial charge in [0.15, 0.2) is 0 Å². The van der Waals surface area contributed by atoms with Crippen LogP contribution in [0.2, 0.25) is 0 Å². The van der Waals surface area contributed by atoms with Crippen molar-refractivity contribution < 1.29 is 4.79 Å². The van der Waals surface area contributed by atoms with Crippen molar-refractivity contribution in [1.82, 2.24) is 4.98 Å². The fourth-order valence-corrected chi connectivity index (χ4v) is 1.83.